The topological polar surface area (TPSA) is 142 Å². The average molecular weight is 556 g/mol. The fourth-order valence-electron chi connectivity index (χ4n) is 4.24. The number of hydrogen-bond donors (Lipinski definition) is 5. The molecule has 0 aliphatic carbocycles. The van der Waals surface area contributed by atoms with Gasteiger partial charge in [0.05, 0.1) is 0 Å². The van der Waals surface area contributed by atoms with Crippen molar-refractivity contribution >= 4 is 40.9 Å². The molecular weight excluding hydrogens is 518 g/mol. The number of aliphatic imine (C=N–C) groups is 2. The number of carbonyl (C=O) groups excluding carboxylic acids is 2. The summed E-state index contributed by atoms with van der Waals surface area (Å²) in [6.07, 6.45) is 1.22. The van der Waals surface area contributed by atoms with Crippen molar-refractivity contribution in [3.8, 4) is 5.75 Å². The molecule has 6 N–H and O–H groups in total. The van der Waals surface area contributed by atoms with Crippen molar-refractivity contribution in [1.29, 1.82) is 0 Å². The minimum Gasteiger partial charge on any atom is -0.484 e. The second-order valence-electron chi connectivity index (χ2n) is 10.3. The van der Waals surface area contributed by atoms with Crippen LogP contribution in [0.5, 0.6) is 5.75 Å². The maximum atomic E-state index is 12.0. The first-order chi connectivity index (χ1) is 19.7. The average Bonchev–Trinajstić information content (AvgIpc) is 2.93. The number of rotatable bonds is 11. The Balaban J connectivity index is 1.54. The molecule has 0 saturated carbocycles. The summed E-state index contributed by atoms with van der Waals surface area (Å²) < 4.78 is 5.72. The van der Waals surface area contributed by atoms with E-state index in [1.54, 1.807) is 12.3 Å². The van der Waals surface area contributed by atoms with Crippen LogP contribution >= 0.6 is 0 Å². The third kappa shape index (κ3) is 8.31. The lowest BCUT2D eigenvalue weighted by atomic mass is 10.1. The largest absolute Gasteiger partial charge is 0.484 e. The van der Waals surface area contributed by atoms with Crippen molar-refractivity contribution in [2.45, 2.75) is 45.9 Å². The quantitative estimate of drug-likeness (QED) is 0.178. The minimum absolute atomic E-state index is 0.0236. The van der Waals surface area contributed by atoms with E-state index >= 15 is 0 Å². The van der Waals surface area contributed by atoms with E-state index in [1.165, 1.54) is 0 Å². The molecule has 0 saturated heterocycles. The summed E-state index contributed by atoms with van der Waals surface area (Å²) in [4.78, 5) is 33.2. The number of hydrogen-bond acceptors (Lipinski definition) is 8. The van der Waals surface area contributed by atoms with Crippen LogP contribution in [0.1, 0.15) is 50.6 Å². The first-order valence-electron chi connectivity index (χ1n) is 13.6. The van der Waals surface area contributed by atoms with Crippen molar-refractivity contribution in [3.63, 3.8) is 0 Å². The van der Waals surface area contributed by atoms with E-state index in [2.05, 4.69) is 26.3 Å². The Morgan fingerprint density at radius 1 is 1.00 bits per heavy atom. The smallest absolute Gasteiger partial charge is 0.258 e. The van der Waals surface area contributed by atoms with Crippen LogP contribution in [0.25, 0.3) is 0 Å². The molecule has 0 radical (unpaired) electrons. The summed E-state index contributed by atoms with van der Waals surface area (Å²) in [7, 11) is 0. The van der Waals surface area contributed by atoms with Gasteiger partial charge in [0.2, 0.25) is 5.91 Å². The molecule has 214 valence electrons. The van der Waals surface area contributed by atoms with Gasteiger partial charge in [-0.3, -0.25) is 14.6 Å². The van der Waals surface area contributed by atoms with E-state index < -0.39 is 6.17 Å². The summed E-state index contributed by atoms with van der Waals surface area (Å²) >= 11 is 0. The number of benzene rings is 3. The molecule has 1 unspecified atom stereocenters. The molecule has 2 amide bonds. The molecule has 4 rings (SSSR count). The molecule has 10 heteroatoms. The molecule has 1 aliphatic rings. The van der Waals surface area contributed by atoms with Gasteiger partial charge in [-0.2, -0.15) is 0 Å². The molecular formula is C31H37N7O3. The number of fused-ring (bicyclic) bond motifs is 1. The fraction of sp³-hybridized carbons (Fsp3) is 0.290. The van der Waals surface area contributed by atoms with Gasteiger partial charge in [0.1, 0.15) is 24.3 Å². The highest BCUT2D eigenvalue weighted by Gasteiger charge is 2.22. The SMILES string of the molecule is CC(C)NC(=O)CN=Cc1cc(NC2N=C(c3cccc(OCC(=O)NC(C)C)c3)Nc3ccccc32)ccc1N. The van der Waals surface area contributed by atoms with Crippen molar-refractivity contribution in [1.82, 2.24) is 10.6 Å². The van der Waals surface area contributed by atoms with Gasteiger partial charge >= 0.3 is 0 Å². The van der Waals surface area contributed by atoms with Gasteiger partial charge in [0.25, 0.3) is 5.91 Å². The lowest BCUT2D eigenvalue weighted by Crippen LogP contribution is -2.34. The second-order valence-corrected chi connectivity index (χ2v) is 10.3. The summed E-state index contributed by atoms with van der Waals surface area (Å²) in [6, 6.07) is 21.1. The zero-order valence-corrected chi connectivity index (χ0v) is 23.8. The van der Waals surface area contributed by atoms with Crippen LogP contribution in [0.4, 0.5) is 17.1 Å². The Bertz CT molecular complexity index is 1450. The number of nitrogens with two attached hydrogens (primary N) is 1. The number of ether oxygens (including phenoxy) is 1. The molecule has 41 heavy (non-hydrogen) atoms. The number of carbonyl (C=O) groups is 2. The van der Waals surface area contributed by atoms with E-state index in [4.69, 9.17) is 15.5 Å². The molecule has 0 aromatic heterocycles. The molecule has 0 spiro atoms. The predicted molar refractivity (Wildman–Crippen MR) is 165 cm³/mol. The zero-order chi connectivity index (χ0) is 29.4. The monoisotopic (exact) mass is 555 g/mol. The molecule has 1 aliphatic heterocycles. The first-order valence-corrected chi connectivity index (χ1v) is 13.6. The van der Waals surface area contributed by atoms with Crippen molar-refractivity contribution < 1.29 is 14.3 Å². The minimum atomic E-state index is -0.394. The molecule has 0 fully saturated rings. The van der Waals surface area contributed by atoms with Crippen LogP contribution in [-0.2, 0) is 9.59 Å². The normalized spacial score (nSPS) is 14.3. The van der Waals surface area contributed by atoms with Gasteiger partial charge in [-0.25, -0.2) is 4.99 Å². The number of amidine groups is 1. The number of nitrogens with one attached hydrogen (secondary N) is 4. The third-order valence-corrected chi connectivity index (χ3v) is 6.00. The van der Waals surface area contributed by atoms with E-state index in [0.29, 0.717) is 22.8 Å². The van der Waals surface area contributed by atoms with Crippen LogP contribution in [0.15, 0.2) is 76.7 Å². The fourth-order valence-corrected chi connectivity index (χ4v) is 4.24. The molecule has 3 aromatic rings. The standard InChI is InChI=1S/C31H37N7O3/c1-19(2)34-28(39)17-33-16-22-14-23(12-13-26(22)32)36-31-25-10-5-6-11-27(25)37-30(38-31)21-8-7-9-24(15-21)41-18-29(40)35-20(3)4/h5-16,19-20,31,36H,17-18,32H2,1-4H3,(H,34,39)(H,35,40)(H,37,38). The van der Waals surface area contributed by atoms with Crippen molar-refractivity contribution in [2.24, 2.45) is 9.98 Å². The maximum absolute atomic E-state index is 12.0. The number of nitrogens with zero attached hydrogens (tertiary/aromatic N) is 2. The highest BCUT2D eigenvalue weighted by molar-refractivity contribution is 6.10. The molecule has 10 nitrogen and oxygen atoms in total. The van der Waals surface area contributed by atoms with Crippen molar-refractivity contribution in [3.05, 3.63) is 83.4 Å². The molecule has 3 aromatic carbocycles. The highest BCUT2D eigenvalue weighted by Crippen LogP contribution is 2.33. The van der Waals surface area contributed by atoms with Crippen LogP contribution in [0, 0.1) is 0 Å². The van der Waals surface area contributed by atoms with Gasteiger partial charge in [-0.1, -0.05) is 30.3 Å². The third-order valence-electron chi connectivity index (χ3n) is 6.00. The maximum Gasteiger partial charge on any atom is 0.258 e. The van der Waals surface area contributed by atoms with Gasteiger partial charge in [0.15, 0.2) is 6.61 Å². The predicted octanol–water partition coefficient (Wildman–Crippen LogP) is 4.10. The van der Waals surface area contributed by atoms with Gasteiger partial charge in [-0.05, 0) is 64.1 Å². The number of amides is 2. The Kier molecular flexibility index (Phi) is 9.57. The van der Waals surface area contributed by atoms with Crippen LogP contribution < -0.4 is 31.7 Å². The Morgan fingerprint density at radius 2 is 1.76 bits per heavy atom. The van der Waals surface area contributed by atoms with E-state index in [1.807, 2.05) is 88.4 Å². The van der Waals surface area contributed by atoms with E-state index in [0.717, 1.165) is 22.5 Å². The number of para-hydroxylation sites is 1. The lowest BCUT2D eigenvalue weighted by molar-refractivity contribution is -0.123. The van der Waals surface area contributed by atoms with Crippen LogP contribution in [0.2, 0.25) is 0 Å². The van der Waals surface area contributed by atoms with Crippen LogP contribution in [0.3, 0.4) is 0 Å². The molecule has 1 heterocycles. The number of nitrogen functional groups attached to an aromatic ring is 1. The van der Waals surface area contributed by atoms with E-state index in [-0.39, 0.29) is 37.0 Å². The summed E-state index contributed by atoms with van der Waals surface area (Å²) in [5.41, 5.74) is 10.9. The second kappa shape index (κ2) is 13.5. The summed E-state index contributed by atoms with van der Waals surface area (Å²) in [5, 5.41) is 12.5. The zero-order valence-electron chi connectivity index (χ0n) is 23.8. The summed E-state index contributed by atoms with van der Waals surface area (Å²) in [5.74, 6) is 0.902. The van der Waals surface area contributed by atoms with Crippen LogP contribution in [-0.4, -0.2) is 49.1 Å². The Morgan fingerprint density at radius 3 is 2.54 bits per heavy atom. The first kappa shape index (κ1) is 29.1. The van der Waals surface area contributed by atoms with Gasteiger partial charge in [-0.15, -0.1) is 0 Å². The van der Waals surface area contributed by atoms with Gasteiger partial charge in [0, 0.05) is 52.1 Å². The van der Waals surface area contributed by atoms with Gasteiger partial charge < -0.3 is 31.7 Å². The Hall–Kier alpha value is -4.86. The molecule has 0 bridgehead atoms. The number of anilines is 3. The summed E-state index contributed by atoms with van der Waals surface area (Å²) in [6.45, 7) is 7.57. The lowest BCUT2D eigenvalue weighted by Gasteiger charge is -2.27. The molecule has 1 atom stereocenters. The van der Waals surface area contributed by atoms with Crippen molar-refractivity contribution in [2.75, 3.05) is 29.5 Å². The van der Waals surface area contributed by atoms with E-state index in [9.17, 15) is 9.59 Å². The Labute approximate surface area is 240 Å². The highest BCUT2D eigenvalue weighted by atomic mass is 16.5.